The molecule has 11 heteroatoms. The molecule has 0 aromatic carbocycles. The SMILES string of the molecule is CCC(=O)Nc1cncc(-c2cc3c(-c4nc5nccc(-c6ccc(F)s6)c5[nH]4)n[nH]c3cn2)c1. The van der Waals surface area contributed by atoms with Crippen LogP contribution in [0.2, 0.25) is 0 Å². The maximum atomic E-state index is 13.6. The summed E-state index contributed by atoms with van der Waals surface area (Å²) in [5, 5.41) is 10.8. The van der Waals surface area contributed by atoms with E-state index in [1.165, 1.54) is 6.07 Å². The molecule has 0 aliphatic rings. The van der Waals surface area contributed by atoms with Gasteiger partial charge in [-0.2, -0.15) is 9.49 Å². The Morgan fingerprint density at radius 3 is 2.89 bits per heavy atom. The second-order valence-corrected chi connectivity index (χ2v) is 8.83. The summed E-state index contributed by atoms with van der Waals surface area (Å²) in [5.74, 6) is 0.440. The molecule has 0 aliphatic heterocycles. The van der Waals surface area contributed by atoms with Crippen LogP contribution in [-0.4, -0.2) is 41.0 Å². The third-order valence-corrected chi connectivity index (χ3v) is 6.45. The molecule has 0 aliphatic carbocycles. The number of amides is 1. The lowest BCUT2D eigenvalue weighted by Gasteiger charge is -2.06. The van der Waals surface area contributed by atoms with E-state index in [-0.39, 0.29) is 11.0 Å². The molecule has 0 radical (unpaired) electrons. The number of nitrogens with zero attached hydrogens (tertiary/aromatic N) is 5. The van der Waals surface area contributed by atoms with Crippen molar-refractivity contribution in [3.05, 3.63) is 60.3 Å². The average molecular weight is 485 g/mol. The Morgan fingerprint density at radius 1 is 1.14 bits per heavy atom. The van der Waals surface area contributed by atoms with E-state index in [0.717, 1.165) is 38.2 Å². The first-order valence-electron chi connectivity index (χ1n) is 10.8. The quantitative estimate of drug-likeness (QED) is 0.310. The third kappa shape index (κ3) is 3.81. The fourth-order valence-corrected chi connectivity index (χ4v) is 4.60. The Morgan fingerprint density at radius 2 is 2.06 bits per heavy atom. The lowest BCUT2D eigenvalue weighted by Crippen LogP contribution is -2.09. The van der Waals surface area contributed by atoms with E-state index in [9.17, 15) is 9.18 Å². The smallest absolute Gasteiger partial charge is 0.224 e. The summed E-state index contributed by atoms with van der Waals surface area (Å²) in [5.41, 5.74) is 5.41. The first-order chi connectivity index (χ1) is 17.1. The number of rotatable bonds is 5. The number of carbonyl (C=O) groups is 1. The van der Waals surface area contributed by atoms with Gasteiger partial charge < -0.3 is 10.3 Å². The Bertz CT molecular complexity index is 1720. The minimum absolute atomic E-state index is 0.0902. The molecule has 0 atom stereocenters. The highest BCUT2D eigenvalue weighted by Crippen LogP contribution is 2.34. The molecule has 6 aromatic rings. The van der Waals surface area contributed by atoms with Gasteiger partial charge in [0.05, 0.1) is 34.8 Å². The van der Waals surface area contributed by atoms with Crippen molar-refractivity contribution < 1.29 is 9.18 Å². The average Bonchev–Trinajstić information content (AvgIpc) is 3.61. The number of hydrogen-bond acceptors (Lipinski definition) is 7. The highest BCUT2D eigenvalue weighted by atomic mass is 32.1. The van der Waals surface area contributed by atoms with Gasteiger partial charge in [0.15, 0.2) is 16.6 Å². The molecule has 0 saturated carbocycles. The first kappa shape index (κ1) is 21.1. The van der Waals surface area contributed by atoms with Gasteiger partial charge in [0.2, 0.25) is 5.91 Å². The summed E-state index contributed by atoms with van der Waals surface area (Å²) in [7, 11) is 0. The van der Waals surface area contributed by atoms with Crippen molar-refractivity contribution in [3.63, 3.8) is 0 Å². The summed E-state index contributed by atoms with van der Waals surface area (Å²) in [6.45, 7) is 1.79. The van der Waals surface area contributed by atoms with Crippen LogP contribution in [0.1, 0.15) is 13.3 Å². The van der Waals surface area contributed by atoms with Gasteiger partial charge in [0, 0.05) is 40.2 Å². The number of nitrogens with one attached hydrogen (secondary N) is 3. The molecular weight excluding hydrogens is 467 g/mol. The molecule has 9 nitrogen and oxygen atoms in total. The molecule has 35 heavy (non-hydrogen) atoms. The highest BCUT2D eigenvalue weighted by Gasteiger charge is 2.17. The van der Waals surface area contributed by atoms with Crippen LogP contribution in [0, 0.1) is 5.13 Å². The molecule has 6 rings (SSSR count). The molecular formula is C24H17FN8OS. The monoisotopic (exact) mass is 484 g/mol. The van der Waals surface area contributed by atoms with Crippen LogP contribution in [-0.2, 0) is 4.79 Å². The fraction of sp³-hybridized carbons (Fsp3) is 0.0833. The summed E-state index contributed by atoms with van der Waals surface area (Å²) >= 11 is 1.07. The van der Waals surface area contributed by atoms with Gasteiger partial charge in [0.25, 0.3) is 0 Å². The maximum absolute atomic E-state index is 13.6. The zero-order valence-corrected chi connectivity index (χ0v) is 19.2. The van der Waals surface area contributed by atoms with E-state index in [4.69, 9.17) is 0 Å². The molecule has 0 fully saturated rings. The van der Waals surface area contributed by atoms with Crippen LogP contribution >= 0.6 is 11.3 Å². The van der Waals surface area contributed by atoms with Crippen molar-refractivity contribution in [2.24, 2.45) is 0 Å². The number of aromatic nitrogens is 7. The Hall–Kier alpha value is -4.51. The van der Waals surface area contributed by atoms with E-state index in [1.807, 2.05) is 18.2 Å². The molecule has 1 amide bonds. The minimum Gasteiger partial charge on any atom is -0.335 e. The summed E-state index contributed by atoms with van der Waals surface area (Å²) < 4.78 is 13.6. The number of aromatic amines is 2. The van der Waals surface area contributed by atoms with E-state index in [0.29, 0.717) is 40.5 Å². The standard InChI is InChI=1S/C24H17FN8OS/c1-2-20(34)29-13-7-12(9-26-10-13)16-8-15-17(11-28-16)32-33-22(15)24-30-21-14(5-6-27-23(21)31-24)18-3-4-19(25)35-18/h3-11H,2H2,1H3,(H,29,34)(H,32,33)(H,27,30,31). The van der Waals surface area contributed by atoms with Crippen molar-refractivity contribution >= 4 is 45.0 Å². The van der Waals surface area contributed by atoms with Gasteiger partial charge in [-0.3, -0.25) is 19.9 Å². The molecule has 6 heterocycles. The molecule has 0 bridgehead atoms. The number of carbonyl (C=O) groups excluding carboxylic acids is 1. The minimum atomic E-state index is -0.254. The fourth-order valence-electron chi connectivity index (χ4n) is 3.84. The third-order valence-electron chi connectivity index (χ3n) is 5.54. The van der Waals surface area contributed by atoms with Gasteiger partial charge in [-0.05, 0) is 30.3 Å². The van der Waals surface area contributed by atoms with Crippen molar-refractivity contribution in [2.45, 2.75) is 13.3 Å². The number of fused-ring (bicyclic) bond motifs is 2. The number of imidazole rings is 1. The van der Waals surface area contributed by atoms with Crippen molar-refractivity contribution in [2.75, 3.05) is 5.32 Å². The van der Waals surface area contributed by atoms with Crippen LogP contribution < -0.4 is 5.32 Å². The molecule has 0 saturated heterocycles. The highest BCUT2D eigenvalue weighted by molar-refractivity contribution is 7.14. The number of halogens is 1. The molecule has 0 unspecified atom stereocenters. The number of H-pyrrole nitrogens is 2. The Kier molecular flexibility index (Phi) is 5.03. The van der Waals surface area contributed by atoms with Gasteiger partial charge in [-0.15, -0.1) is 11.3 Å². The van der Waals surface area contributed by atoms with Crippen LogP contribution in [0.3, 0.4) is 0 Å². The van der Waals surface area contributed by atoms with Crippen LogP contribution in [0.15, 0.2) is 55.1 Å². The second kappa shape index (κ2) is 8.37. The van der Waals surface area contributed by atoms with E-state index in [1.54, 1.807) is 37.8 Å². The first-order valence-corrected chi connectivity index (χ1v) is 11.6. The van der Waals surface area contributed by atoms with Crippen molar-refractivity contribution in [1.29, 1.82) is 0 Å². The Balaban J connectivity index is 1.43. The van der Waals surface area contributed by atoms with Crippen molar-refractivity contribution in [3.8, 4) is 33.2 Å². The zero-order valence-electron chi connectivity index (χ0n) is 18.3. The maximum Gasteiger partial charge on any atom is 0.224 e. The summed E-state index contributed by atoms with van der Waals surface area (Å²) in [4.78, 5) is 33.6. The lowest BCUT2D eigenvalue weighted by atomic mass is 10.1. The largest absolute Gasteiger partial charge is 0.335 e. The van der Waals surface area contributed by atoms with Crippen LogP contribution in [0.4, 0.5) is 10.1 Å². The van der Waals surface area contributed by atoms with Gasteiger partial charge in [0.1, 0.15) is 5.69 Å². The van der Waals surface area contributed by atoms with Crippen molar-refractivity contribution in [1.82, 2.24) is 35.1 Å². The van der Waals surface area contributed by atoms with Gasteiger partial charge in [-0.25, -0.2) is 9.97 Å². The normalized spacial score (nSPS) is 11.4. The summed E-state index contributed by atoms with van der Waals surface area (Å²) in [6, 6.07) is 8.73. The predicted molar refractivity (Wildman–Crippen MR) is 132 cm³/mol. The van der Waals surface area contributed by atoms with Gasteiger partial charge >= 0.3 is 0 Å². The topological polar surface area (TPSA) is 125 Å². The molecule has 172 valence electrons. The number of thiophene rings is 1. The van der Waals surface area contributed by atoms with Crippen LogP contribution in [0.25, 0.3) is 55.3 Å². The van der Waals surface area contributed by atoms with Crippen LogP contribution in [0.5, 0.6) is 0 Å². The molecule has 0 spiro atoms. The molecule has 6 aromatic heterocycles. The number of hydrogen-bond donors (Lipinski definition) is 3. The zero-order chi connectivity index (χ0) is 23.9. The Labute approximate surface area is 201 Å². The van der Waals surface area contributed by atoms with E-state index < -0.39 is 0 Å². The second-order valence-electron chi connectivity index (χ2n) is 7.80. The number of anilines is 1. The predicted octanol–water partition coefficient (Wildman–Crippen LogP) is 5.17. The lowest BCUT2D eigenvalue weighted by molar-refractivity contribution is -0.115. The summed E-state index contributed by atoms with van der Waals surface area (Å²) in [6.07, 6.45) is 7.01. The van der Waals surface area contributed by atoms with E-state index in [2.05, 4.69) is 40.4 Å². The van der Waals surface area contributed by atoms with E-state index >= 15 is 0 Å². The number of pyridine rings is 3. The molecule has 3 N–H and O–H groups in total. The van der Waals surface area contributed by atoms with Gasteiger partial charge in [-0.1, -0.05) is 6.92 Å².